The Morgan fingerprint density at radius 3 is 2.44 bits per heavy atom. The van der Waals surface area contributed by atoms with Crippen molar-refractivity contribution in [2.75, 3.05) is 0 Å². The van der Waals surface area contributed by atoms with E-state index in [-0.39, 0.29) is 0 Å². The van der Waals surface area contributed by atoms with Crippen LogP contribution >= 0.6 is 0 Å². The van der Waals surface area contributed by atoms with Crippen LogP contribution in [0.3, 0.4) is 0 Å². The van der Waals surface area contributed by atoms with Crippen molar-refractivity contribution >= 4 is 0 Å². The van der Waals surface area contributed by atoms with Gasteiger partial charge >= 0.3 is 0 Å². The fourth-order valence-electron chi connectivity index (χ4n) is 1.68. The van der Waals surface area contributed by atoms with E-state index in [1.165, 1.54) is 16.7 Å². The molecule has 16 heavy (non-hydrogen) atoms. The monoisotopic (exact) mass is 213 g/mol. The van der Waals surface area contributed by atoms with Gasteiger partial charge in [-0.25, -0.2) is 5.90 Å². The second-order valence-electron chi connectivity index (χ2n) is 3.88. The summed E-state index contributed by atoms with van der Waals surface area (Å²) in [5, 5.41) is 0. The van der Waals surface area contributed by atoms with Crippen LogP contribution < -0.4 is 5.90 Å². The van der Waals surface area contributed by atoms with Gasteiger partial charge < -0.3 is 0 Å². The first kappa shape index (κ1) is 10.9. The zero-order chi connectivity index (χ0) is 11.4. The molecule has 0 aromatic heterocycles. The lowest BCUT2D eigenvalue weighted by Crippen LogP contribution is -1.98. The molecule has 82 valence electrons. The number of benzene rings is 2. The summed E-state index contributed by atoms with van der Waals surface area (Å²) in [5.41, 5.74) is 4.75. The molecular weight excluding hydrogens is 198 g/mol. The normalized spacial score (nSPS) is 10.4. The van der Waals surface area contributed by atoms with Crippen LogP contribution in [0.25, 0.3) is 11.1 Å². The van der Waals surface area contributed by atoms with Crippen LogP contribution in [-0.2, 0) is 11.4 Å². The van der Waals surface area contributed by atoms with Gasteiger partial charge in [-0.3, -0.25) is 4.84 Å². The second kappa shape index (κ2) is 4.92. The van der Waals surface area contributed by atoms with E-state index in [0.717, 1.165) is 5.56 Å². The third-order valence-corrected chi connectivity index (χ3v) is 2.56. The fourth-order valence-corrected chi connectivity index (χ4v) is 1.68. The van der Waals surface area contributed by atoms with E-state index < -0.39 is 0 Å². The maximum atomic E-state index is 5.07. The minimum atomic E-state index is 0.444. The molecule has 0 radical (unpaired) electrons. The largest absolute Gasteiger partial charge is 0.300 e. The SMILES string of the molecule is Cc1ccc(-c2cccc(CON)c2)cc1. The molecule has 2 aromatic carbocycles. The summed E-state index contributed by atoms with van der Waals surface area (Å²) in [6, 6.07) is 16.7. The van der Waals surface area contributed by atoms with Crippen LogP contribution in [0, 0.1) is 6.92 Å². The predicted octanol–water partition coefficient (Wildman–Crippen LogP) is 3.05. The molecule has 0 saturated heterocycles. The second-order valence-corrected chi connectivity index (χ2v) is 3.88. The van der Waals surface area contributed by atoms with Crippen molar-refractivity contribution in [3.63, 3.8) is 0 Å². The van der Waals surface area contributed by atoms with Crippen LogP contribution in [-0.4, -0.2) is 0 Å². The zero-order valence-electron chi connectivity index (χ0n) is 9.31. The quantitative estimate of drug-likeness (QED) is 0.795. The van der Waals surface area contributed by atoms with Crippen molar-refractivity contribution in [3.05, 3.63) is 59.7 Å². The summed E-state index contributed by atoms with van der Waals surface area (Å²) in [6.45, 7) is 2.53. The van der Waals surface area contributed by atoms with Gasteiger partial charge in [0, 0.05) is 0 Å². The molecule has 0 aliphatic heterocycles. The molecule has 2 aromatic rings. The van der Waals surface area contributed by atoms with Gasteiger partial charge in [-0.2, -0.15) is 0 Å². The molecule has 2 heteroatoms. The van der Waals surface area contributed by atoms with Gasteiger partial charge in [0.15, 0.2) is 0 Å². The predicted molar refractivity (Wildman–Crippen MR) is 65.6 cm³/mol. The maximum absolute atomic E-state index is 5.07. The molecule has 0 aliphatic rings. The van der Waals surface area contributed by atoms with Gasteiger partial charge in [0.05, 0.1) is 6.61 Å². The summed E-state index contributed by atoms with van der Waals surface area (Å²) in [6.07, 6.45) is 0. The van der Waals surface area contributed by atoms with E-state index in [2.05, 4.69) is 48.2 Å². The highest BCUT2D eigenvalue weighted by Gasteiger charge is 1.98. The van der Waals surface area contributed by atoms with Gasteiger partial charge in [0.25, 0.3) is 0 Å². The minimum Gasteiger partial charge on any atom is -0.300 e. The van der Waals surface area contributed by atoms with Gasteiger partial charge in [0.2, 0.25) is 0 Å². The molecule has 0 atom stereocenters. The molecule has 0 aliphatic carbocycles. The van der Waals surface area contributed by atoms with Gasteiger partial charge in [-0.1, -0.05) is 48.0 Å². The number of hydrogen-bond donors (Lipinski definition) is 1. The highest BCUT2D eigenvalue weighted by Crippen LogP contribution is 2.21. The smallest absolute Gasteiger partial charge is 0.0930 e. The van der Waals surface area contributed by atoms with Crippen LogP contribution in [0.5, 0.6) is 0 Å². The zero-order valence-corrected chi connectivity index (χ0v) is 9.31. The summed E-state index contributed by atoms with van der Waals surface area (Å²) in [7, 11) is 0. The average Bonchev–Trinajstić information content (AvgIpc) is 2.31. The Morgan fingerprint density at radius 2 is 1.75 bits per heavy atom. The van der Waals surface area contributed by atoms with Crippen molar-refractivity contribution < 1.29 is 4.84 Å². The Labute approximate surface area is 95.6 Å². The minimum absolute atomic E-state index is 0.444. The summed E-state index contributed by atoms with van der Waals surface area (Å²) in [4.78, 5) is 4.64. The van der Waals surface area contributed by atoms with Crippen LogP contribution in [0.2, 0.25) is 0 Å². The Kier molecular flexibility index (Phi) is 3.34. The van der Waals surface area contributed by atoms with E-state index in [1.54, 1.807) is 0 Å². The van der Waals surface area contributed by atoms with E-state index in [4.69, 9.17) is 5.90 Å². The highest BCUT2D eigenvalue weighted by atomic mass is 16.6. The van der Waals surface area contributed by atoms with E-state index in [0.29, 0.717) is 6.61 Å². The first-order chi connectivity index (χ1) is 7.79. The Bertz CT molecular complexity index is 462. The van der Waals surface area contributed by atoms with Crippen molar-refractivity contribution in [1.29, 1.82) is 0 Å². The molecule has 0 amide bonds. The van der Waals surface area contributed by atoms with Gasteiger partial charge in [0.1, 0.15) is 0 Å². The molecule has 0 saturated carbocycles. The Hall–Kier alpha value is -1.64. The number of nitrogens with two attached hydrogens (primary N) is 1. The average molecular weight is 213 g/mol. The van der Waals surface area contributed by atoms with Crippen molar-refractivity contribution in [1.82, 2.24) is 0 Å². The first-order valence-electron chi connectivity index (χ1n) is 5.27. The Balaban J connectivity index is 2.32. The molecular formula is C14H15NO. The molecule has 2 rings (SSSR count). The maximum Gasteiger partial charge on any atom is 0.0930 e. The van der Waals surface area contributed by atoms with E-state index in [1.807, 2.05) is 12.1 Å². The number of aryl methyl sites for hydroxylation is 1. The standard InChI is InChI=1S/C14H15NO/c1-11-5-7-13(8-6-11)14-4-2-3-12(9-14)10-16-15/h2-9H,10,15H2,1H3. The fraction of sp³-hybridized carbons (Fsp3) is 0.143. The lowest BCUT2D eigenvalue weighted by Gasteiger charge is -2.05. The van der Waals surface area contributed by atoms with Crippen LogP contribution in [0.15, 0.2) is 48.5 Å². The number of hydrogen-bond acceptors (Lipinski definition) is 2. The topological polar surface area (TPSA) is 35.2 Å². The molecule has 0 heterocycles. The van der Waals surface area contributed by atoms with Crippen LogP contribution in [0.4, 0.5) is 0 Å². The summed E-state index contributed by atoms with van der Waals surface area (Å²) < 4.78 is 0. The van der Waals surface area contributed by atoms with E-state index >= 15 is 0 Å². The molecule has 2 N–H and O–H groups in total. The highest BCUT2D eigenvalue weighted by molar-refractivity contribution is 5.64. The molecule has 0 unspecified atom stereocenters. The molecule has 0 bridgehead atoms. The lowest BCUT2D eigenvalue weighted by atomic mass is 10.0. The summed E-state index contributed by atoms with van der Waals surface area (Å²) >= 11 is 0. The lowest BCUT2D eigenvalue weighted by molar-refractivity contribution is 0.124. The molecule has 0 fully saturated rings. The third kappa shape index (κ3) is 2.48. The third-order valence-electron chi connectivity index (χ3n) is 2.56. The Morgan fingerprint density at radius 1 is 1.00 bits per heavy atom. The first-order valence-corrected chi connectivity index (χ1v) is 5.27. The molecule has 2 nitrogen and oxygen atoms in total. The van der Waals surface area contributed by atoms with E-state index in [9.17, 15) is 0 Å². The van der Waals surface area contributed by atoms with Crippen molar-refractivity contribution in [2.24, 2.45) is 5.90 Å². The van der Waals surface area contributed by atoms with Gasteiger partial charge in [-0.05, 0) is 29.7 Å². The molecule has 0 spiro atoms. The number of rotatable bonds is 3. The van der Waals surface area contributed by atoms with Crippen LogP contribution in [0.1, 0.15) is 11.1 Å². The van der Waals surface area contributed by atoms with Crippen molar-refractivity contribution in [3.8, 4) is 11.1 Å². The summed E-state index contributed by atoms with van der Waals surface area (Å²) in [5.74, 6) is 5.07. The van der Waals surface area contributed by atoms with Gasteiger partial charge in [-0.15, -0.1) is 0 Å². The van der Waals surface area contributed by atoms with Crippen molar-refractivity contribution in [2.45, 2.75) is 13.5 Å².